The molecule has 1 aromatic rings. The van der Waals surface area contributed by atoms with Gasteiger partial charge in [-0.25, -0.2) is 0 Å². The maximum atomic E-state index is 2.08. The summed E-state index contributed by atoms with van der Waals surface area (Å²) < 4.78 is 0. The Morgan fingerprint density at radius 1 is 1.00 bits per heavy atom. The van der Waals surface area contributed by atoms with Gasteiger partial charge in [-0.05, 0) is 12.1 Å². The van der Waals surface area contributed by atoms with Crippen LogP contribution in [0.5, 0.6) is 0 Å². The van der Waals surface area contributed by atoms with Crippen LogP contribution in [0.3, 0.4) is 0 Å². The number of halogens is 1. The molecule has 0 heterocycles. The average Bonchev–Trinajstić information content (AvgIpc) is 1.90. The molecule has 0 aliphatic rings. The predicted molar refractivity (Wildman–Crippen MR) is 40.8 cm³/mol. The van der Waals surface area contributed by atoms with Crippen LogP contribution in [0.25, 0.3) is 0 Å². The Labute approximate surface area is 68.1 Å². The molecule has 0 saturated heterocycles. The molecule has 56 valence electrons. The van der Waals surface area contributed by atoms with E-state index >= 15 is 0 Å². The summed E-state index contributed by atoms with van der Waals surface area (Å²) in [5.74, 6) is 0. The molecule has 0 aromatic heterocycles. The molecule has 0 bridgehead atoms. The molecule has 0 unspecified atom stereocenters. The third kappa shape index (κ3) is 2.28. The molecule has 1 nitrogen and oxygen atoms in total. The highest BCUT2D eigenvalue weighted by Gasteiger charge is 1.87. The second-order valence-electron chi connectivity index (χ2n) is 2.23. The molecule has 1 rings (SSSR count). The molecule has 0 saturated carbocycles. The zero-order valence-corrected chi connectivity index (χ0v) is 6.97. The van der Waals surface area contributed by atoms with Gasteiger partial charge in [0.2, 0.25) is 0 Å². The maximum Gasteiger partial charge on any atom is 0.0360 e. The maximum absolute atomic E-state index is 2.08. The Morgan fingerprint density at radius 3 is 1.80 bits per heavy atom. The number of anilines is 1. The zero-order valence-electron chi connectivity index (χ0n) is 6.21. The van der Waals surface area contributed by atoms with E-state index in [2.05, 4.69) is 17.0 Å². The lowest BCUT2D eigenvalue weighted by molar-refractivity contribution is -0.00000191. The summed E-state index contributed by atoms with van der Waals surface area (Å²) in [5.41, 5.74) is 1.25. The Balaban J connectivity index is 0.000000810. The molecule has 0 spiro atoms. The molecular formula is C8H11ClN-. The van der Waals surface area contributed by atoms with Crippen molar-refractivity contribution in [3.05, 3.63) is 30.3 Å². The molecular weight excluding hydrogens is 146 g/mol. The molecule has 0 aliphatic carbocycles. The summed E-state index contributed by atoms with van der Waals surface area (Å²) in [6, 6.07) is 10.3. The Hall–Kier alpha value is -0.690. The van der Waals surface area contributed by atoms with E-state index in [1.807, 2.05) is 32.3 Å². The summed E-state index contributed by atoms with van der Waals surface area (Å²) in [5, 5.41) is 0. The van der Waals surface area contributed by atoms with Crippen LogP contribution in [0.4, 0.5) is 5.69 Å². The second-order valence-corrected chi connectivity index (χ2v) is 2.23. The van der Waals surface area contributed by atoms with E-state index in [-0.39, 0.29) is 12.4 Å². The summed E-state index contributed by atoms with van der Waals surface area (Å²) >= 11 is 0. The van der Waals surface area contributed by atoms with E-state index in [1.54, 1.807) is 0 Å². The third-order valence-corrected chi connectivity index (χ3v) is 1.27. The number of rotatable bonds is 1. The van der Waals surface area contributed by atoms with Crippen LogP contribution in [-0.4, -0.2) is 14.1 Å². The fraction of sp³-hybridized carbons (Fsp3) is 0.250. The first-order valence-corrected chi connectivity index (χ1v) is 3.03. The van der Waals surface area contributed by atoms with E-state index in [1.165, 1.54) is 5.69 Å². The molecule has 2 heteroatoms. The van der Waals surface area contributed by atoms with Crippen LogP contribution in [0, 0.1) is 0 Å². The second kappa shape index (κ2) is 4.18. The summed E-state index contributed by atoms with van der Waals surface area (Å²) in [6.07, 6.45) is 0. The van der Waals surface area contributed by atoms with Crippen LogP contribution < -0.4 is 17.3 Å². The standard InChI is InChI=1S/C8H11N.ClH/c1-9(2)8-6-4-3-5-7-8;/h3-7H,1-2H3;1H/p-1. The first kappa shape index (κ1) is 9.31. The van der Waals surface area contributed by atoms with Crippen molar-refractivity contribution in [1.82, 2.24) is 0 Å². The van der Waals surface area contributed by atoms with Gasteiger partial charge in [-0.1, -0.05) is 18.2 Å². The highest BCUT2D eigenvalue weighted by Crippen LogP contribution is 2.07. The van der Waals surface area contributed by atoms with Crippen LogP contribution in [0.1, 0.15) is 0 Å². The molecule has 0 fully saturated rings. The number of nitrogens with zero attached hydrogens (tertiary/aromatic N) is 1. The SMILES string of the molecule is CN(C)c1ccccc1.[Cl-]. The topological polar surface area (TPSA) is 3.24 Å². The van der Waals surface area contributed by atoms with Gasteiger partial charge >= 0.3 is 0 Å². The Morgan fingerprint density at radius 2 is 1.50 bits per heavy atom. The predicted octanol–water partition coefficient (Wildman–Crippen LogP) is -1.24. The summed E-state index contributed by atoms with van der Waals surface area (Å²) in [6.45, 7) is 0. The van der Waals surface area contributed by atoms with Gasteiger partial charge in [-0.2, -0.15) is 0 Å². The van der Waals surface area contributed by atoms with Gasteiger partial charge < -0.3 is 17.3 Å². The summed E-state index contributed by atoms with van der Waals surface area (Å²) in [7, 11) is 4.07. The Kier molecular flexibility index (Phi) is 3.89. The van der Waals surface area contributed by atoms with E-state index in [0.717, 1.165) is 0 Å². The summed E-state index contributed by atoms with van der Waals surface area (Å²) in [4.78, 5) is 2.08. The van der Waals surface area contributed by atoms with Crippen molar-refractivity contribution in [2.45, 2.75) is 0 Å². The largest absolute Gasteiger partial charge is 1.00 e. The monoisotopic (exact) mass is 156 g/mol. The number of para-hydroxylation sites is 1. The molecule has 0 amide bonds. The molecule has 0 aliphatic heterocycles. The normalized spacial score (nSPS) is 8.20. The molecule has 0 N–H and O–H groups in total. The van der Waals surface area contributed by atoms with E-state index in [0.29, 0.717) is 0 Å². The fourth-order valence-corrected chi connectivity index (χ4v) is 0.726. The van der Waals surface area contributed by atoms with Gasteiger partial charge in [0.05, 0.1) is 0 Å². The smallest absolute Gasteiger partial charge is 0.0360 e. The van der Waals surface area contributed by atoms with E-state index in [9.17, 15) is 0 Å². The van der Waals surface area contributed by atoms with Crippen LogP contribution in [0.2, 0.25) is 0 Å². The first-order chi connectivity index (χ1) is 4.30. The van der Waals surface area contributed by atoms with Gasteiger partial charge in [0.25, 0.3) is 0 Å². The van der Waals surface area contributed by atoms with Crippen LogP contribution >= 0.6 is 0 Å². The van der Waals surface area contributed by atoms with Crippen LogP contribution in [-0.2, 0) is 0 Å². The molecule has 0 radical (unpaired) electrons. The van der Waals surface area contributed by atoms with Crippen LogP contribution in [0.15, 0.2) is 30.3 Å². The number of benzene rings is 1. The van der Waals surface area contributed by atoms with Crippen molar-refractivity contribution in [2.24, 2.45) is 0 Å². The van der Waals surface area contributed by atoms with E-state index in [4.69, 9.17) is 0 Å². The van der Waals surface area contributed by atoms with Crippen molar-refractivity contribution in [3.8, 4) is 0 Å². The lowest BCUT2D eigenvalue weighted by Crippen LogP contribution is -3.00. The minimum absolute atomic E-state index is 0. The lowest BCUT2D eigenvalue weighted by atomic mass is 10.3. The van der Waals surface area contributed by atoms with Gasteiger partial charge in [0.15, 0.2) is 0 Å². The minimum atomic E-state index is 0. The molecule has 1 aromatic carbocycles. The van der Waals surface area contributed by atoms with Gasteiger partial charge in [0, 0.05) is 19.8 Å². The lowest BCUT2D eigenvalue weighted by Gasteiger charge is -2.10. The Bertz CT molecular complexity index is 172. The number of hydrogen-bond acceptors (Lipinski definition) is 1. The van der Waals surface area contributed by atoms with Crippen molar-refractivity contribution in [2.75, 3.05) is 19.0 Å². The van der Waals surface area contributed by atoms with Crippen molar-refractivity contribution < 1.29 is 12.4 Å². The first-order valence-electron chi connectivity index (χ1n) is 3.03. The van der Waals surface area contributed by atoms with Crippen molar-refractivity contribution in [3.63, 3.8) is 0 Å². The average molecular weight is 157 g/mol. The number of hydrogen-bond donors (Lipinski definition) is 0. The van der Waals surface area contributed by atoms with Crippen molar-refractivity contribution in [1.29, 1.82) is 0 Å². The van der Waals surface area contributed by atoms with Gasteiger partial charge in [-0.15, -0.1) is 0 Å². The molecule has 10 heavy (non-hydrogen) atoms. The highest BCUT2D eigenvalue weighted by atomic mass is 35.5. The highest BCUT2D eigenvalue weighted by molar-refractivity contribution is 5.43. The van der Waals surface area contributed by atoms with Gasteiger partial charge in [0.1, 0.15) is 0 Å². The third-order valence-electron chi connectivity index (χ3n) is 1.27. The zero-order chi connectivity index (χ0) is 6.69. The van der Waals surface area contributed by atoms with E-state index < -0.39 is 0 Å². The minimum Gasteiger partial charge on any atom is -1.00 e. The quantitative estimate of drug-likeness (QED) is 0.492. The fourth-order valence-electron chi connectivity index (χ4n) is 0.726. The molecule has 0 atom stereocenters. The van der Waals surface area contributed by atoms with Gasteiger partial charge in [-0.3, -0.25) is 0 Å². The van der Waals surface area contributed by atoms with Crippen molar-refractivity contribution >= 4 is 5.69 Å².